The molecule has 0 aliphatic carbocycles. The van der Waals surface area contributed by atoms with Crippen LogP contribution in [0.4, 0.5) is 5.13 Å². The third kappa shape index (κ3) is 2.89. The minimum Gasteiger partial charge on any atom is -0.381 e. The lowest BCUT2D eigenvalue weighted by Gasteiger charge is -2.39. The molecule has 1 unspecified atom stereocenters. The van der Waals surface area contributed by atoms with Gasteiger partial charge < -0.3 is 10.5 Å². The molecule has 1 atom stereocenters. The van der Waals surface area contributed by atoms with Crippen molar-refractivity contribution in [3.8, 4) is 0 Å². The van der Waals surface area contributed by atoms with Crippen LogP contribution in [0.5, 0.6) is 0 Å². The topological polar surface area (TPSA) is 51.4 Å². The maximum Gasteiger partial charge on any atom is 0.180 e. The van der Waals surface area contributed by atoms with E-state index in [0.717, 1.165) is 19.8 Å². The van der Waals surface area contributed by atoms with Crippen molar-refractivity contribution in [1.29, 1.82) is 0 Å². The highest BCUT2D eigenvalue weighted by molar-refractivity contribution is 7.15. The van der Waals surface area contributed by atoms with E-state index in [1.807, 2.05) is 6.20 Å². The van der Waals surface area contributed by atoms with Crippen molar-refractivity contribution in [3.05, 3.63) is 11.1 Å². The summed E-state index contributed by atoms with van der Waals surface area (Å²) in [5.41, 5.74) is 6.19. The van der Waals surface area contributed by atoms with E-state index in [9.17, 15) is 0 Å². The zero-order chi connectivity index (χ0) is 12.6. The molecule has 2 fully saturated rings. The van der Waals surface area contributed by atoms with Crippen molar-refractivity contribution < 1.29 is 4.74 Å². The maximum absolute atomic E-state index is 5.70. The van der Waals surface area contributed by atoms with Gasteiger partial charge in [-0.1, -0.05) is 0 Å². The summed E-state index contributed by atoms with van der Waals surface area (Å²) in [5.74, 6) is 0. The number of thiazole rings is 1. The third-order valence-corrected chi connectivity index (χ3v) is 5.56. The molecule has 0 aromatic carbocycles. The molecule has 1 spiro atoms. The average Bonchev–Trinajstić information content (AvgIpc) is 2.91. The van der Waals surface area contributed by atoms with Crippen LogP contribution in [0.3, 0.4) is 0 Å². The Hall–Kier alpha value is -0.360. The van der Waals surface area contributed by atoms with Crippen molar-refractivity contribution >= 4 is 28.9 Å². The molecule has 0 saturated carbocycles. The summed E-state index contributed by atoms with van der Waals surface area (Å²) in [5, 5.41) is 0.678. The number of likely N-dealkylation sites (tertiary alicyclic amines) is 1. The Morgan fingerprint density at radius 2 is 2.21 bits per heavy atom. The van der Waals surface area contributed by atoms with Crippen LogP contribution in [0.25, 0.3) is 0 Å². The van der Waals surface area contributed by atoms with Crippen LogP contribution < -0.4 is 5.73 Å². The van der Waals surface area contributed by atoms with Gasteiger partial charge in [0, 0.05) is 36.9 Å². The Balaban J connectivity index is 0.00000133. The summed E-state index contributed by atoms with van der Waals surface area (Å²) < 4.78 is 5.52. The summed E-state index contributed by atoms with van der Waals surface area (Å²) in [6.07, 6.45) is 5.67. The highest BCUT2D eigenvalue weighted by Crippen LogP contribution is 2.45. The molecule has 108 valence electrons. The largest absolute Gasteiger partial charge is 0.381 e. The lowest BCUT2D eigenvalue weighted by Crippen LogP contribution is -2.40. The van der Waals surface area contributed by atoms with Crippen LogP contribution in [0, 0.1) is 5.41 Å². The summed E-state index contributed by atoms with van der Waals surface area (Å²) in [6, 6.07) is 0.643. The number of rotatable bonds is 2. The quantitative estimate of drug-likeness (QED) is 0.912. The Morgan fingerprint density at radius 1 is 1.47 bits per heavy atom. The average molecular weight is 304 g/mol. The van der Waals surface area contributed by atoms with Gasteiger partial charge in [0.15, 0.2) is 5.13 Å². The fourth-order valence-corrected chi connectivity index (χ4v) is 4.12. The highest BCUT2D eigenvalue weighted by Gasteiger charge is 2.45. The van der Waals surface area contributed by atoms with E-state index in [1.54, 1.807) is 11.3 Å². The number of hydrogen-bond donors (Lipinski definition) is 1. The Morgan fingerprint density at radius 3 is 2.84 bits per heavy atom. The van der Waals surface area contributed by atoms with Gasteiger partial charge in [-0.15, -0.1) is 23.7 Å². The van der Waals surface area contributed by atoms with E-state index in [0.29, 0.717) is 16.6 Å². The van der Waals surface area contributed by atoms with Gasteiger partial charge in [0.05, 0.1) is 0 Å². The van der Waals surface area contributed by atoms with Gasteiger partial charge in [-0.05, 0) is 38.1 Å². The fourth-order valence-electron chi connectivity index (χ4n) is 3.41. The molecule has 2 aliphatic heterocycles. The smallest absolute Gasteiger partial charge is 0.180 e. The molecule has 4 nitrogen and oxygen atoms in total. The molecule has 0 bridgehead atoms. The van der Waals surface area contributed by atoms with Crippen molar-refractivity contribution in [2.75, 3.05) is 25.5 Å². The number of halogens is 1. The van der Waals surface area contributed by atoms with Crippen LogP contribution in [0.2, 0.25) is 0 Å². The van der Waals surface area contributed by atoms with E-state index in [2.05, 4.69) is 16.8 Å². The van der Waals surface area contributed by atoms with Crippen LogP contribution in [-0.2, 0) is 11.3 Å². The predicted molar refractivity (Wildman–Crippen MR) is 80.7 cm³/mol. The summed E-state index contributed by atoms with van der Waals surface area (Å²) >= 11 is 1.61. The predicted octanol–water partition coefficient (Wildman–Crippen LogP) is 2.54. The van der Waals surface area contributed by atoms with Gasteiger partial charge in [-0.3, -0.25) is 4.90 Å². The van der Waals surface area contributed by atoms with E-state index in [-0.39, 0.29) is 12.4 Å². The maximum atomic E-state index is 5.70. The standard InChI is InChI=1S/C13H21N3OS.ClH/c1-10-13(3-6-17-7-4-13)2-5-16(10)9-11-8-15-12(14)18-11;/h8,10H,2-7,9H2,1H3,(H2,14,15);1H. The number of anilines is 1. The number of hydrogen-bond acceptors (Lipinski definition) is 5. The van der Waals surface area contributed by atoms with Gasteiger partial charge in [0.1, 0.15) is 0 Å². The van der Waals surface area contributed by atoms with E-state index in [4.69, 9.17) is 10.5 Å². The number of nitrogens with two attached hydrogens (primary N) is 1. The highest BCUT2D eigenvalue weighted by atomic mass is 35.5. The Bertz CT molecular complexity index is 420. The molecule has 19 heavy (non-hydrogen) atoms. The van der Waals surface area contributed by atoms with Gasteiger partial charge in [0.2, 0.25) is 0 Å². The van der Waals surface area contributed by atoms with E-state index < -0.39 is 0 Å². The lowest BCUT2D eigenvalue weighted by molar-refractivity contribution is -0.00141. The molecule has 2 saturated heterocycles. The van der Waals surface area contributed by atoms with E-state index >= 15 is 0 Å². The molecule has 2 N–H and O–H groups in total. The van der Waals surface area contributed by atoms with Crippen molar-refractivity contribution in [2.45, 2.75) is 38.8 Å². The molecule has 0 radical (unpaired) electrons. The number of aromatic nitrogens is 1. The first-order chi connectivity index (χ1) is 8.70. The fraction of sp³-hybridized carbons (Fsp3) is 0.769. The number of nitrogens with zero attached hydrogens (tertiary/aromatic N) is 2. The summed E-state index contributed by atoms with van der Waals surface area (Å²) in [6.45, 7) is 6.44. The zero-order valence-corrected chi connectivity index (χ0v) is 12.9. The first-order valence-corrected chi connectivity index (χ1v) is 7.53. The molecule has 1 aromatic rings. The second kappa shape index (κ2) is 5.95. The Labute approximate surface area is 124 Å². The minimum atomic E-state index is 0. The second-order valence-electron chi connectivity index (χ2n) is 5.54. The summed E-state index contributed by atoms with van der Waals surface area (Å²) in [4.78, 5) is 8.00. The number of nitrogen functional groups attached to an aromatic ring is 1. The van der Waals surface area contributed by atoms with Gasteiger partial charge in [0.25, 0.3) is 0 Å². The first kappa shape index (κ1) is 15.0. The normalized spacial score (nSPS) is 26.5. The zero-order valence-electron chi connectivity index (χ0n) is 11.3. The van der Waals surface area contributed by atoms with Crippen LogP contribution >= 0.6 is 23.7 Å². The summed E-state index contributed by atoms with van der Waals surface area (Å²) in [7, 11) is 0. The molecule has 1 aromatic heterocycles. The van der Waals surface area contributed by atoms with Crippen LogP contribution in [0.1, 0.15) is 31.1 Å². The Kier molecular flexibility index (Phi) is 4.71. The second-order valence-corrected chi connectivity index (χ2v) is 6.68. The van der Waals surface area contributed by atoms with E-state index in [1.165, 1.54) is 30.7 Å². The molecule has 2 aliphatic rings. The molecule has 6 heteroatoms. The van der Waals surface area contributed by atoms with Crippen molar-refractivity contribution in [1.82, 2.24) is 9.88 Å². The van der Waals surface area contributed by atoms with Crippen LogP contribution in [0.15, 0.2) is 6.20 Å². The first-order valence-electron chi connectivity index (χ1n) is 6.72. The lowest BCUT2D eigenvalue weighted by atomic mass is 9.74. The van der Waals surface area contributed by atoms with Gasteiger partial charge >= 0.3 is 0 Å². The van der Waals surface area contributed by atoms with Crippen molar-refractivity contribution in [3.63, 3.8) is 0 Å². The van der Waals surface area contributed by atoms with Crippen LogP contribution in [-0.4, -0.2) is 35.7 Å². The van der Waals surface area contributed by atoms with Crippen molar-refractivity contribution in [2.24, 2.45) is 5.41 Å². The third-order valence-electron chi connectivity index (χ3n) is 4.75. The molecular weight excluding hydrogens is 282 g/mol. The SMILES string of the molecule is CC1N(Cc2cnc(N)s2)CCC12CCOCC2.Cl. The molecular formula is C13H22ClN3OS. The molecule has 3 rings (SSSR count). The van der Waals surface area contributed by atoms with Gasteiger partial charge in [-0.25, -0.2) is 4.98 Å². The molecule has 0 amide bonds. The molecule has 3 heterocycles. The number of ether oxygens (including phenoxy) is 1. The minimum absolute atomic E-state index is 0. The monoisotopic (exact) mass is 303 g/mol. The van der Waals surface area contributed by atoms with Gasteiger partial charge in [-0.2, -0.15) is 0 Å².